The van der Waals surface area contributed by atoms with Crippen molar-refractivity contribution in [1.29, 1.82) is 0 Å². The van der Waals surface area contributed by atoms with Crippen LogP contribution >= 0.6 is 11.6 Å². The number of ether oxygens (including phenoxy) is 2. The molecule has 0 saturated carbocycles. The lowest BCUT2D eigenvalue weighted by Gasteiger charge is -2.16. The zero-order valence-electron chi connectivity index (χ0n) is 14.3. The van der Waals surface area contributed by atoms with Crippen LogP contribution in [0.15, 0.2) is 42.5 Å². The number of methoxy groups -OCH3 is 1. The maximum absolute atomic E-state index is 12.1. The maximum Gasteiger partial charge on any atom is 0.258 e. The Kier molecular flexibility index (Phi) is 6.42. The smallest absolute Gasteiger partial charge is 0.258 e. The Morgan fingerprint density at radius 2 is 1.96 bits per heavy atom. The summed E-state index contributed by atoms with van der Waals surface area (Å²) < 4.78 is 10.6. The number of benzene rings is 2. The normalized spacial score (nSPS) is 11.5. The van der Waals surface area contributed by atoms with Gasteiger partial charge in [-0.3, -0.25) is 9.59 Å². The van der Waals surface area contributed by atoms with E-state index in [1.165, 1.54) is 14.0 Å². The van der Waals surface area contributed by atoms with Gasteiger partial charge in [0, 0.05) is 11.1 Å². The van der Waals surface area contributed by atoms with Gasteiger partial charge >= 0.3 is 0 Å². The Hall–Kier alpha value is -2.53. The molecule has 6 heteroatoms. The molecule has 25 heavy (non-hydrogen) atoms. The maximum atomic E-state index is 12.1. The van der Waals surface area contributed by atoms with Gasteiger partial charge in [-0.25, -0.2) is 0 Å². The first-order chi connectivity index (χ1) is 11.9. The van der Waals surface area contributed by atoms with Gasteiger partial charge in [0.1, 0.15) is 11.5 Å². The van der Waals surface area contributed by atoms with Crippen LogP contribution in [0.4, 0.5) is 0 Å². The molecule has 0 aliphatic carbocycles. The molecule has 0 saturated heterocycles. The number of ketones is 1. The number of carbonyl (C=O) groups is 2. The van der Waals surface area contributed by atoms with E-state index in [-0.39, 0.29) is 24.3 Å². The van der Waals surface area contributed by atoms with Crippen LogP contribution in [0.2, 0.25) is 5.02 Å². The SMILES string of the molecule is COc1ccc(C(C)=O)c(OCC(=O)NC(C)c2cccc(Cl)c2)c1. The Labute approximate surface area is 151 Å². The number of amides is 1. The van der Waals surface area contributed by atoms with E-state index < -0.39 is 0 Å². The second-order valence-corrected chi connectivity index (χ2v) is 5.99. The van der Waals surface area contributed by atoms with Crippen molar-refractivity contribution < 1.29 is 19.1 Å². The molecule has 0 radical (unpaired) electrons. The van der Waals surface area contributed by atoms with Crippen LogP contribution in [-0.4, -0.2) is 25.4 Å². The molecule has 132 valence electrons. The fourth-order valence-electron chi connectivity index (χ4n) is 2.33. The average Bonchev–Trinajstić information content (AvgIpc) is 2.59. The molecule has 0 heterocycles. The van der Waals surface area contributed by atoms with E-state index in [0.29, 0.717) is 22.1 Å². The van der Waals surface area contributed by atoms with Gasteiger partial charge in [-0.2, -0.15) is 0 Å². The molecule has 2 rings (SSSR count). The molecule has 1 unspecified atom stereocenters. The van der Waals surface area contributed by atoms with Crippen molar-refractivity contribution in [3.63, 3.8) is 0 Å². The first-order valence-corrected chi connectivity index (χ1v) is 8.15. The van der Waals surface area contributed by atoms with Gasteiger partial charge in [0.25, 0.3) is 5.91 Å². The van der Waals surface area contributed by atoms with Crippen molar-refractivity contribution >= 4 is 23.3 Å². The summed E-state index contributed by atoms with van der Waals surface area (Å²) in [6.07, 6.45) is 0. The van der Waals surface area contributed by atoms with Crippen LogP contribution in [-0.2, 0) is 4.79 Å². The van der Waals surface area contributed by atoms with Crippen LogP contribution in [0.25, 0.3) is 0 Å². The van der Waals surface area contributed by atoms with Crippen LogP contribution in [0, 0.1) is 0 Å². The number of carbonyl (C=O) groups excluding carboxylic acids is 2. The summed E-state index contributed by atoms with van der Waals surface area (Å²) in [7, 11) is 1.52. The third kappa shape index (κ3) is 5.22. The number of rotatable bonds is 7. The van der Waals surface area contributed by atoms with Gasteiger partial charge in [-0.1, -0.05) is 23.7 Å². The van der Waals surface area contributed by atoms with E-state index in [9.17, 15) is 9.59 Å². The summed E-state index contributed by atoms with van der Waals surface area (Å²) in [5.74, 6) is 0.417. The Morgan fingerprint density at radius 3 is 2.60 bits per heavy atom. The number of hydrogen-bond donors (Lipinski definition) is 1. The summed E-state index contributed by atoms with van der Waals surface area (Å²) in [5.41, 5.74) is 1.29. The first-order valence-electron chi connectivity index (χ1n) is 7.77. The monoisotopic (exact) mass is 361 g/mol. The lowest BCUT2D eigenvalue weighted by atomic mass is 10.1. The molecule has 1 amide bonds. The number of halogens is 1. The first kappa shape index (κ1) is 18.8. The Bertz CT molecular complexity index is 776. The molecule has 0 fully saturated rings. The van der Waals surface area contributed by atoms with Gasteiger partial charge in [-0.15, -0.1) is 0 Å². The van der Waals surface area contributed by atoms with E-state index in [0.717, 1.165) is 5.56 Å². The van der Waals surface area contributed by atoms with Gasteiger partial charge in [0.2, 0.25) is 0 Å². The average molecular weight is 362 g/mol. The van der Waals surface area contributed by atoms with Crippen molar-refractivity contribution in [2.45, 2.75) is 19.9 Å². The Balaban J connectivity index is 2.01. The number of Topliss-reactive ketones (excluding diaryl/α,β-unsaturated/α-hetero) is 1. The van der Waals surface area contributed by atoms with E-state index in [1.54, 1.807) is 30.3 Å². The minimum atomic E-state index is -0.301. The highest BCUT2D eigenvalue weighted by atomic mass is 35.5. The highest BCUT2D eigenvalue weighted by molar-refractivity contribution is 6.30. The zero-order chi connectivity index (χ0) is 18.4. The highest BCUT2D eigenvalue weighted by Crippen LogP contribution is 2.25. The van der Waals surface area contributed by atoms with E-state index in [2.05, 4.69) is 5.32 Å². The van der Waals surface area contributed by atoms with Gasteiger partial charge in [0.15, 0.2) is 12.4 Å². The van der Waals surface area contributed by atoms with Gasteiger partial charge in [0.05, 0.1) is 18.7 Å². The Morgan fingerprint density at radius 1 is 1.20 bits per heavy atom. The van der Waals surface area contributed by atoms with E-state index in [4.69, 9.17) is 21.1 Å². The van der Waals surface area contributed by atoms with E-state index >= 15 is 0 Å². The molecule has 0 aliphatic rings. The summed E-state index contributed by atoms with van der Waals surface area (Å²) in [6.45, 7) is 3.09. The largest absolute Gasteiger partial charge is 0.497 e. The van der Waals surface area contributed by atoms with E-state index in [1.807, 2.05) is 19.1 Å². The number of nitrogens with one attached hydrogen (secondary N) is 1. The van der Waals surface area contributed by atoms with Gasteiger partial charge in [-0.05, 0) is 43.7 Å². The quantitative estimate of drug-likeness (QED) is 0.762. The van der Waals surface area contributed by atoms with Gasteiger partial charge < -0.3 is 14.8 Å². The summed E-state index contributed by atoms with van der Waals surface area (Å²) in [6, 6.07) is 11.9. The lowest BCUT2D eigenvalue weighted by molar-refractivity contribution is -0.123. The van der Waals surface area contributed by atoms with Crippen molar-refractivity contribution in [2.75, 3.05) is 13.7 Å². The fourth-order valence-corrected chi connectivity index (χ4v) is 2.52. The highest BCUT2D eigenvalue weighted by Gasteiger charge is 2.14. The third-order valence-electron chi connectivity index (χ3n) is 3.65. The number of hydrogen-bond acceptors (Lipinski definition) is 4. The molecule has 1 atom stereocenters. The standard InChI is InChI=1S/C19H20ClNO4/c1-12(14-5-4-6-15(20)9-14)21-19(23)11-25-18-10-16(24-3)7-8-17(18)13(2)22/h4-10,12H,11H2,1-3H3,(H,21,23). The van der Waals surface area contributed by atoms with Crippen LogP contribution in [0.5, 0.6) is 11.5 Å². The lowest BCUT2D eigenvalue weighted by Crippen LogP contribution is -2.31. The molecular formula is C19H20ClNO4. The predicted octanol–water partition coefficient (Wildman–Crippen LogP) is 3.81. The second kappa shape index (κ2) is 8.53. The van der Waals surface area contributed by atoms with Crippen LogP contribution < -0.4 is 14.8 Å². The summed E-state index contributed by atoms with van der Waals surface area (Å²) >= 11 is 5.96. The molecule has 2 aromatic rings. The zero-order valence-corrected chi connectivity index (χ0v) is 15.1. The second-order valence-electron chi connectivity index (χ2n) is 5.55. The molecule has 1 N–H and O–H groups in total. The molecule has 2 aromatic carbocycles. The minimum Gasteiger partial charge on any atom is -0.497 e. The van der Waals surface area contributed by atoms with Crippen LogP contribution in [0.3, 0.4) is 0 Å². The summed E-state index contributed by atoms with van der Waals surface area (Å²) in [4.78, 5) is 23.8. The topological polar surface area (TPSA) is 64.6 Å². The fraction of sp³-hybridized carbons (Fsp3) is 0.263. The molecule has 0 spiro atoms. The molecule has 0 aromatic heterocycles. The van der Waals surface area contributed by atoms with Crippen molar-refractivity contribution in [2.24, 2.45) is 0 Å². The minimum absolute atomic E-state index is 0.148. The van der Waals surface area contributed by atoms with Crippen molar-refractivity contribution in [3.8, 4) is 11.5 Å². The molecular weight excluding hydrogens is 342 g/mol. The summed E-state index contributed by atoms with van der Waals surface area (Å²) in [5, 5.41) is 3.44. The van der Waals surface area contributed by atoms with Crippen molar-refractivity contribution in [1.82, 2.24) is 5.32 Å². The predicted molar refractivity (Wildman–Crippen MR) is 96.5 cm³/mol. The molecule has 0 aliphatic heterocycles. The molecule has 0 bridgehead atoms. The third-order valence-corrected chi connectivity index (χ3v) is 3.89. The molecule has 5 nitrogen and oxygen atoms in total. The van der Waals surface area contributed by atoms with Crippen molar-refractivity contribution in [3.05, 3.63) is 58.6 Å². The van der Waals surface area contributed by atoms with Crippen LogP contribution in [0.1, 0.15) is 35.8 Å².